The van der Waals surface area contributed by atoms with Crippen molar-refractivity contribution >= 4 is 11.9 Å². The first-order valence-corrected chi connectivity index (χ1v) is 7.47. The molecule has 0 amide bonds. The molecule has 7 heteroatoms. The maximum atomic E-state index is 5.79. The van der Waals surface area contributed by atoms with Crippen LogP contribution in [0.1, 0.15) is 39.0 Å². The lowest BCUT2D eigenvalue weighted by molar-refractivity contribution is 0.501. The Morgan fingerprint density at radius 1 is 1.19 bits per heavy atom. The van der Waals surface area contributed by atoms with E-state index in [4.69, 9.17) is 5.73 Å². The molecule has 0 aromatic carbocycles. The summed E-state index contributed by atoms with van der Waals surface area (Å²) in [7, 11) is 0. The highest BCUT2D eigenvalue weighted by atomic mass is 15.3. The van der Waals surface area contributed by atoms with Gasteiger partial charge in [0.15, 0.2) is 0 Å². The summed E-state index contributed by atoms with van der Waals surface area (Å²) in [5.41, 5.74) is 5.79. The lowest BCUT2D eigenvalue weighted by atomic mass is 10.0. The number of imidazole rings is 1. The Morgan fingerprint density at radius 3 is 2.90 bits per heavy atom. The Labute approximate surface area is 124 Å². The summed E-state index contributed by atoms with van der Waals surface area (Å²) < 4.78 is 1.72. The average molecular weight is 287 g/mol. The van der Waals surface area contributed by atoms with Crippen molar-refractivity contribution in [2.75, 3.05) is 11.1 Å². The molecule has 3 N–H and O–H groups in total. The van der Waals surface area contributed by atoms with E-state index in [1.807, 2.05) is 0 Å². The lowest BCUT2D eigenvalue weighted by Crippen LogP contribution is -2.21. The number of hydrogen-bond donors (Lipinski definition) is 2. The normalized spacial score (nSPS) is 22.7. The number of anilines is 2. The van der Waals surface area contributed by atoms with E-state index in [1.54, 1.807) is 23.3 Å². The minimum absolute atomic E-state index is 0.221. The standard InChI is InChI=1S/C14H21N7/c1-10-3-2-4-11(6-5-10)17-13-18-12(15)19-14(20-13)21-8-7-16-9-21/h7-11H,2-6H2,1H3,(H3,15,17,18,19,20). The van der Waals surface area contributed by atoms with E-state index < -0.39 is 0 Å². The molecule has 1 aliphatic rings. The second-order valence-corrected chi connectivity index (χ2v) is 5.74. The first-order chi connectivity index (χ1) is 10.2. The zero-order valence-corrected chi connectivity index (χ0v) is 12.2. The van der Waals surface area contributed by atoms with E-state index in [2.05, 4.69) is 32.2 Å². The Kier molecular flexibility index (Phi) is 3.98. The number of rotatable bonds is 3. The summed E-state index contributed by atoms with van der Waals surface area (Å²) >= 11 is 0. The summed E-state index contributed by atoms with van der Waals surface area (Å²) in [6.07, 6.45) is 11.2. The predicted molar refractivity (Wildman–Crippen MR) is 81.0 cm³/mol. The van der Waals surface area contributed by atoms with Gasteiger partial charge in [-0.3, -0.25) is 4.57 Å². The van der Waals surface area contributed by atoms with E-state index in [1.165, 1.54) is 19.3 Å². The van der Waals surface area contributed by atoms with Crippen LogP contribution in [0.2, 0.25) is 0 Å². The van der Waals surface area contributed by atoms with Gasteiger partial charge < -0.3 is 11.1 Å². The smallest absolute Gasteiger partial charge is 0.241 e. The molecule has 7 nitrogen and oxygen atoms in total. The van der Waals surface area contributed by atoms with Crippen LogP contribution in [0.15, 0.2) is 18.7 Å². The molecular formula is C14H21N7. The molecule has 1 aliphatic carbocycles. The van der Waals surface area contributed by atoms with Gasteiger partial charge in [0.25, 0.3) is 0 Å². The summed E-state index contributed by atoms with van der Waals surface area (Å²) in [6.45, 7) is 2.32. The molecule has 2 heterocycles. The van der Waals surface area contributed by atoms with Crippen molar-refractivity contribution in [2.24, 2.45) is 5.92 Å². The Morgan fingerprint density at radius 2 is 2.10 bits per heavy atom. The third-order valence-corrected chi connectivity index (χ3v) is 3.97. The zero-order chi connectivity index (χ0) is 14.7. The molecule has 2 atom stereocenters. The third kappa shape index (κ3) is 3.48. The van der Waals surface area contributed by atoms with Crippen molar-refractivity contribution in [3.05, 3.63) is 18.7 Å². The van der Waals surface area contributed by atoms with E-state index in [0.29, 0.717) is 17.9 Å². The van der Waals surface area contributed by atoms with Crippen LogP contribution < -0.4 is 11.1 Å². The molecule has 0 bridgehead atoms. The van der Waals surface area contributed by atoms with Gasteiger partial charge in [-0.25, -0.2) is 4.98 Å². The molecule has 2 aromatic rings. The van der Waals surface area contributed by atoms with Crippen molar-refractivity contribution < 1.29 is 0 Å². The van der Waals surface area contributed by atoms with Crippen LogP contribution in [0.5, 0.6) is 0 Å². The molecule has 2 unspecified atom stereocenters. The number of nitrogens with two attached hydrogens (primary N) is 1. The van der Waals surface area contributed by atoms with E-state index in [-0.39, 0.29) is 5.95 Å². The van der Waals surface area contributed by atoms with Gasteiger partial charge in [0, 0.05) is 18.4 Å². The number of nitrogens with zero attached hydrogens (tertiary/aromatic N) is 5. The molecule has 1 fully saturated rings. The van der Waals surface area contributed by atoms with Crippen molar-refractivity contribution in [2.45, 2.75) is 45.1 Å². The minimum atomic E-state index is 0.221. The second kappa shape index (κ2) is 6.07. The Balaban J connectivity index is 1.76. The molecular weight excluding hydrogens is 266 g/mol. The highest BCUT2D eigenvalue weighted by Gasteiger charge is 2.17. The summed E-state index contributed by atoms with van der Waals surface area (Å²) in [4.78, 5) is 16.8. The molecule has 1 saturated carbocycles. The largest absolute Gasteiger partial charge is 0.368 e. The van der Waals surface area contributed by atoms with Gasteiger partial charge in [0.05, 0.1) is 0 Å². The van der Waals surface area contributed by atoms with Crippen molar-refractivity contribution in [1.29, 1.82) is 0 Å². The second-order valence-electron chi connectivity index (χ2n) is 5.74. The Hall–Kier alpha value is -2.18. The van der Waals surface area contributed by atoms with Crippen LogP contribution >= 0.6 is 0 Å². The van der Waals surface area contributed by atoms with Crippen LogP contribution in [0, 0.1) is 5.92 Å². The first kappa shape index (κ1) is 13.8. The SMILES string of the molecule is CC1CCCC(Nc2nc(N)nc(-n3ccnc3)n2)CC1. The van der Waals surface area contributed by atoms with Gasteiger partial charge in [0.1, 0.15) is 6.33 Å². The average Bonchev–Trinajstić information content (AvgIpc) is 2.91. The fourth-order valence-electron chi connectivity index (χ4n) is 2.75. The molecule has 0 radical (unpaired) electrons. The predicted octanol–water partition coefficient (Wildman–Crippen LogP) is 2.02. The van der Waals surface area contributed by atoms with Crippen molar-refractivity contribution in [3.63, 3.8) is 0 Å². The number of nitrogen functional groups attached to an aromatic ring is 1. The van der Waals surface area contributed by atoms with Crippen LogP contribution in [0.4, 0.5) is 11.9 Å². The van der Waals surface area contributed by atoms with Crippen molar-refractivity contribution in [3.8, 4) is 5.95 Å². The topological polar surface area (TPSA) is 94.5 Å². The molecule has 0 aliphatic heterocycles. The third-order valence-electron chi connectivity index (χ3n) is 3.97. The van der Waals surface area contributed by atoms with Gasteiger partial charge in [0.2, 0.25) is 17.8 Å². The van der Waals surface area contributed by atoms with Gasteiger partial charge in [-0.05, 0) is 25.2 Å². The van der Waals surface area contributed by atoms with Crippen LogP contribution in [0.3, 0.4) is 0 Å². The first-order valence-electron chi connectivity index (χ1n) is 7.47. The maximum absolute atomic E-state index is 5.79. The van der Waals surface area contributed by atoms with Crippen molar-refractivity contribution in [1.82, 2.24) is 24.5 Å². The summed E-state index contributed by atoms with van der Waals surface area (Å²) in [5.74, 6) is 2.06. The molecule has 21 heavy (non-hydrogen) atoms. The van der Waals surface area contributed by atoms with Gasteiger partial charge in [-0.1, -0.05) is 19.8 Å². The fraction of sp³-hybridized carbons (Fsp3) is 0.571. The Bertz CT molecular complexity index is 581. The summed E-state index contributed by atoms with van der Waals surface area (Å²) in [6, 6.07) is 0.410. The maximum Gasteiger partial charge on any atom is 0.241 e. The molecule has 112 valence electrons. The monoisotopic (exact) mass is 287 g/mol. The molecule has 0 saturated heterocycles. The number of nitrogens with one attached hydrogen (secondary N) is 1. The quantitative estimate of drug-likeness (QED) is 0.839. The highest BCUT2D eigenvalue weighted by Crippen LogP contribution is 2.24. The fourth-order valence-corrected chi connectivity index (χ4v) is 2.75. The summed E-state index contributed by atoms with van der Waals surface area (Å²) in [5, 5.41) is 3.41. The molecule has 2 aromatic heterocycles. The number of aromatic nitrogens is 5. The van der Waals surface area contributed by atoms with E-state index in [9.17, 15) is 0 Å². The highest BCUT2D eigenvalue weighted by molar-refractivity contribution is 5.35. The lowest BCUT2D eigenvalue weighted by Gasteiger charge is -2.16. The molecule has 3 rings (SSSR count). The van der Waals surface area contributed by atoms with E-state index in [0.717, 1.165) is 18.8 Å². The van der Waals surface area contributed by atoms with Gasteiger partial charge >= 0.3 is 0 Å². The van der Waals surface area contributed by atoms with Crippen LogP contribution in [-0.4, -0.2) is 30.5 Å². The van der Waals surface area contributed by atoms with Gasteiger partial charge in [-0.2, -0.15) is 15.0 Å². The molecule has 0 spiro atoms. The number of hydrogen-bond acceptors (Lipinski definition) is 6. The zero-order valence-electron chi connectivity index (χ0n) is 12.2. The minimum Gasteiger partial charge on any atom is -0.368 e. The van der Waals surface area contributed by atoms with Crippen LogP contribution in [-0.2, 0) is 0 Å². The van der Waals surface area contributed by atoms with Gasteiger partial charge in [-0.15, -0.1) is 0 Å². The van der Waals surface area contributed by atoms with E-state index >= 15 is 0 Å². The van der Waals surface area contributed by atoms with Crippen LogP contribution in [0.25, 0.3) is 5.95 Å².